The van der Waals surface area contributed by atoms with Crippen molar-refractivity contribution < 1.29 is 87.8 Å². The molecule has 3 aliphatic carbocycles. The van der Waals surface area contributed by atoms with Gasteiger partial charge in [-0.15, -0.1) is 0 Å². The first-order chi connectivity index (χ1) is 25.1. The zero-order chi connectivity index (χ0) is 40.0. The predicted octanol–water partition coefficient (Wildman–Crippen LogP) is -2.05. The molecular formula is C36H48O18. The molecule has 2 saturated carbocycles. The Balaban J connectivity index is 1.45. The zero-order valence-corrected chi connectivity index (χ0v) is 30.9. The second-order valence-corrected chi connectivity index (χ2v) is 16.0. The van der Waals surface area contributed by atoms with Gasteiger partial charge >= 0.3 is 23.9 Å². The summed E-state index contributed by atoms with van der Waals surface area (Å²) in [4.78, 5) is 66.7. The molecule has 6 aliphatic rings. The number of carbonyl (C=O) groups excluding carboxylic acids is 5. The van der Waals surface area contributed by atoms with Gasteiger partial charge in [0.15, 0.2) is 11.5 Å². The van der Waals surface area contributed by atoms with Crippen LogP contribution in [0.25, 0.3) is 0 Å². The summed E-state index contributed by atoms with van der Waals surface area (Å²) >= 11 is 0. The van der Waals surface area contributed by atoms with Crippen molar-refractivity contribution in [2.45, 2.75) is 114 Å². The first-order valence-corrected chi connectivity index (χ1v) is 17.8. The van der Waals surface area contributed by atoms with E-state index < -0.39 is 144 Å². The molecule has 18 nitrogen and oxygen atoms in total. The van der Waals surface area contributed by atoms with Crippen LogP contribution in [0.2, 0.25) is 0 Å². The van der Waals surface area contributed by atoms with E-state index in [9.17, 15) is 54.6 Å². The largest absolute Gasteiger partial charge is 0.467 e. The van der Waals surface area contributed by atoms with Crippen LogP contribution in [-0.2, 0) is 57.1 Å². The van der Waals surface area contributed by atoms with Gasteiger partial charge in [-0.1, -0.05) is 13.8 Å². The van der Waals surface area contributed by atoms with Gasteiger partial charge in [0, 0.05) is 30.3 Å². The monoisotopic (exact) mass is 768 g/mol. The molecule has 3 heterocycles. The number of carbonyl (C=O) groups is 5. The van der Waals surface area contributed by atoms with Crippen LogP contribution in [0.15, 0.2) is 23.5 Å². The minimum absolute atomic E-state index is 0.00828. The van der Waals surface area contributed by atoms with Crippen molar-refractivity contribution in [2.24, 2.45) is 34.5 Å². The summed E-state index contributed by atoms with van der Waals surface area (Å²) in [5.74, 6) is -9.12. The fraction of sp³-hybridized carbons (Fsp3) is 0.750. The van der Waals surface area contributed by atoms with Gasteiger partial charge in [-0.05, 0) is 50.2 Å². The number of allylic oxidation sites excluding steroid dienone is 2. The molecule has 0 radical (unpaired) electrons. The highest BCUT2D eigenvalue weighted by Gasteiger charge is 2.85. The number of rotatable bonds is 8. The smallest absolute Gasteiger partial charge is 0.348 e. The lowest BCUT2D eigenvalue weighted by atomic mass is 9.38. The Bertz CT molecular complexity index is 1650. The molecule has 18 heteroatoms. The van der Waals surface area contributed by atoms with Crippen LogP contribution < -0.4 is 0 Å². The maximum absolute atomic E-state index is 13.9. The first kappa shape index (κ1) is 40.2. The van der Waals surface area contributed by atoms with Gasteiger partial charge in [0.1, 0.15) is 42.2 Å². The molecule has 0 aromatic rings. The summed E-state index contributed by atoms with van der Waals surface area (Å²) in [5.41, 5.74) is -6.34. The normalized spacial score (nSPS) is 45.6. The summed E-state index contributed by atoms with van der Waals surface area (Å²) in [6, 6.07) is 0. The standard InChI is InChI=1S/C36H48O18/c1-13(33(4,5)54-15(3)38)8-20(39)53-26-28-35-12-49-36(28,32(47)48-7)29(45)25(44)27(35)34(6)10-17(21(40)14(2)16(34)9-19(35)52-30(26)46)50-31-24(43)23(42)22(41)18(11-37)51-31/h8,10,14,16,18-19,22-29,31,37,41-45H,9,11-12H2,1-7H3/b13-8+/t14?,16-,18+,19+,22+,23-,24+,25+,26+,27+,28+,29-,31+,34-,35+,36?/m0/s1. The van der Waals surface area contributed by atoms with Crippen molar-refractivity contribution in [1.82, 2.24) is 0 Å². The summed E-state index contributed by atoms with van der Waals surface area (Å²) in [5, 5.41) is 65.1. The fourth-order valence-electron chi connectivity index (χ4n) is 10.1. The molecule has 6 rings (SSSR count). The third-order valence-electron chi connectivity index (χ3n) is 12.8. The molecule has 54 heavy (non-hydrogen) atoms. The van der Waals surface area contributed by atoms with Crippen LogP contribution in [0.4, 0.5) is 0 Å². The van der Waals surface area contributed by atoms with Crippen LogP contribution in [0.5, 0.6) is 0 Å². The van der Waals surface area contributed by atoms with Gasteiger partial charge in [-0.2, -0.15) is 0 Å². The Morgan fingerprint density at radius 2 is 1.69 bits per heavy atom. The second-order valence-electron chi connectivity index (χ2n) is 16.0. The quantitative estimate of drug-likeness (QED) is 0.0881. The first-order valence-electron chi connectivity index (χ1n) is 17.8. The third-order valence-corrected chi connectivity index (χ3v) is 12.8. The molecule has 0 amide bonds. The van der Waals surface area contributed by atoms with E-state index in [1.165, 1.54) is 33.8 Å². The van der Waals surface area contributed by atoms with Crippen molar-refractivity contribution >= 4 is 29.7 Å². The SMILES string of the molecule is COC(=O)C12OC[C@]34[C@H]([C@@H](O)[C@@H]1O)[C@@]1(C)C=C(O[C@@H]5O[C@H](CO)[C@@H](O)[C@H](O)[C@H]5O)C(=O)C(C)[C@@H]1C[C@H]3OC(=O)[C@H](OC(=O)/C=C(\C)C(C)(C)OC(C)=O)[C@@H]24. The van der Waals surface area contributed by atoms with Crippen molar-refractivity contribution in [1.29, 1.82) is 0 Å². The number of hydrogen-bond acceptors (Lipinski definition) is 18. The number of methoxy groups -OCH3 is 1. The molecule has 3 saturated heterocycles. The lowest BCUT2D eigenvalue weighted by molar-refractivity contribution is -0.296. The van der Waals surface area contributed by atoms with E-state index >= 15 is 0 Å². The lowest BCUT2D eigenvalue weighted by Gasteiger charge is -2.67. The van der Waals surface area contributed by atoms with Crippen LogP contribution in [0.3, 0.4) is 0 Å². The molecule has 1 spiro atoms. The van der Waals surface area contributed by atoms with Gasteiger partial charge in [0.25, 0.3) is 0 Å². The van der Waals surface area contributed by atoms with E-state index in [1.54, 1.807) is 13.8 Å². The number of aliphatic hydroxyl groups excluding tert-OH is 6. The average Bonchev–Trinajstić information content (AvgIpc) is 3.41. The number of fused-ring (bicyclic) bond motifs is 2. The molecule has 300 valence electrons. The molecule has 0 aromatic carbocycles. The molecule has 0 aromatic heterocycles. The molecule has 6 N–H and O–H groups in total. The summed E-state index contributed by atoms with van der Waals surface area (Å²) in [7, 11) is 1.03. The van der Waals surface area contributed by atoms with E-state index in [0.29, 0.717) is 0 Å². The van der Waals surface area contributed by atoms with Crippen LogP contribution >= 0.6 is 0 Å². The Labute approximate surface area is 309 Å². The molecule has 16 atom stereocenters. The number of hydrogen-bond donors (Lipinski definition) is 6. The Kier molecular flexibility index (Phi) is 10.1. The summed E-state index contributed by atoms with van der Waals surface area (Å²) in [6.07, 6.45) is -12.9. The van der Waals surface area contributed by atoms with Gasteiger partial charge < -0.3 is 63.8 Å². The van der Waals surface area contributed by atoms with Crippen molar-refractivity contribution in [2.75, 3.05) is 20.3 Å². The van der Waals surface area contributed by atoms with E-state index in [0.717, 1.165) is 13.2 Å². The number of esters is 4. The minimum Gasteiger partial charge on any atom is -0.467 e. The van der Waals surface area contributed by atoms with Crippen molar-refractivity contribution in [3.63, 3.8) is 0 Å². The molecule has 2 unspecified atom stereocenters. The Morgan fingerprint density at radius 1 is 1.02 bits per heavy atom. The highest BCUT2D eigenvalue weighted by atomic mass is 16.7. The summed E-state index contributed by atoms with van der Waals surface area (Å²) in [6.45, 7) is 7.89. The molecule has 2 bridgehead atoms. The highest BCUT2D eigenvalue weighted by Crippen LogP contribution is 2.72. The van der Waals surface area contributed by atoms with Crippen LogP contribution in [-0.4, -0.2) is 147 Å². The van der Waals surface area contributed by atoms with Crippen molar-refractivity contribution in [3.8, 4) is 0 Å². The van der Waals surface area contributed by atoms with E-state index in [1.807, 2.05) is 0 Å². The van der Waals surface area contributed by atoms with Crippen molar-refractivity contribution in [3.05, 3.63) is 23.5 Å². The van der Waals surface area contributed by atoms with Gasteiger partial charge in [-0.3, -0.25) is 9.59 Å². The summed E-state index contributed by atoms with van der Waals surface area (Å²) < 4.78 is 39.7. The second kappa shape index (κ2) is 13.6. The number of aliphatic hydroxyl groups is 6. The molecule has 5 fully saturated rings. The predicted molar refractivity (Wildman–Crippen MR) is 175 cm³/mol. The topological polar surface area (TPSA) is 271 Å². The number of ether oxygens (including phenoxy) is 7. The Morgan fingerprint density at radius 3 is 2.30 bits per heavy atom. The van der Waals surface area contributed by atoms with E-state index in [4.69, 9.17) is 33.2 Å². The van der Waals surface area contributed by atoms with E-state index in [-0.39, 0.29) is 17.8 Å². The minimum atomic E-state index is -2.43. The number of ketones is 1. The van der Waals surface area contributed by atoms with Gasteiger partial charge in [0.05, 0.1) is 32.3 Å². The fourth-order valence-corrected chi connectivity index (χ4v) is 10.1. The van der Waals surface area contributed by atoms with E-state index in [2.05, 4.69) is 0 Å². The van der Waals surface area contributed by atoms with Gasteiger partial charge in [-0.25, -0.2) is 14.4 Å². The molecule has 3 aliphatic heterocycles. The maximum Gasteiger partial charge on any atom is 0.348 e. The zero-order valence-electron chi connectivity index (χ0n) is 30.9. The van der Waals surface area contributed by atoms with Gasteiger partial charge in [0.2, 0.25) is 18.0 Å². The van der Waals surface area contributed by atoms with Crippen LogP contribution in [0.1, 0.15) is 48.0 Å². The average molecular weight is 769 g/mol. The Hall–Kier alpha value is -3.49. The highest BCUT2D eigenvalue weighted by molar-refractivity contribution is 5.97. The molecular weight excluding hydrogens is 720 g/mol. The lowest BCUT2D eigenvalue weighted by Crippen LogP contribution is -2.79. The third kappa shape index (κ3) is 5.63. The maximum atomic E-state index is 13.9. The van der Waals surface area contributed by atoms with Crippen LogP contribution in [0, 0.1) is 34.5 Å². The number of Topliss-reactive ketones (excluding diaryl/α,β-unsaturated/α-hetero) is 1.